The molecule has 0 amide bonds. The first-order valence-electron chi connectivity index (χ1n) is 5.14. The zero-order valence-corrected chi connectivity index (χ0v) is 9.41. The van der Waals surface area contributed by atoms with Crippen LogP contribution in [0, 0.1) is 11.3 Å². The molecule has 0 unspecified atom stereocenters. The number of hydrogen-bond acceptors (Lipinski definition) is 5. The highest BCUT2D eigenvalue weighted by Gasteiger charge is 2.06. The lowest BCUT2D eigenvalue weighted by atomic mass is 10.3. The van der Waals surface area contributed by atoms with Gasteiger partial charge in [0.2, 0.25) is 5.95 Å². The van der Waals surface area contributed by atoms with Crippen molar-refractivity contribution in [2.45, 2.75) is 6.54 Å². The maximum atomic E-state index is 8.76. The van der Waals surface area contributed by atoms with Gasteiger partial charge in [0.15, 0.2) is 0 Å². The number of pyridine rings is 1. The molecule has 0 spiro atoms. The minimum atomic E-state index is 0.364. The van der Waals surface area contributed by atoms with Crippen LogP contribution in [0.5, 0.6) is 0 Å². The van der Waals surface area contributed by atoms with E-state index in [1.165, 1.54) is 0 Å². The molecule has 2 aromatic rings. The van der Waals surface area contributed by atoms with Crippen LogP contribution in [0.15, 0.2) is 36.7 Å². The van der Waals surface area contributed by atoms with Gasteiger partial charge in [-0.25, -0.2) is 9.97 Å². The van der Waals surface area contributed by atoms with Gasteiger partial charge < -0.3 is 4.90 Å². The second-order valence-corrected chi connectivity index (χ2v) is 3.53. The summed E-state index contributed by atoms with van der Waals surface area (Å²) in [4.78, 5) is 14.3. The Morgan fingerprint density at radius 2 is 2.12 bits per heavy atom. The fourth-order valence-electron chi connectivity index (χ4n) is 1.40. The molecule has 0 atom stereocenters. The van der Waals surface area contributed by atoms with Gasteiger partial charge >= 0.3 is 0 Å². The molecule has 5 nitrogen and oxygen atoms in total. The third kappa shape index (κ3) is 2.75. The molecule has 0 N–H and O–H groups in total. The summed E-state index contributed by atoms with van der Waals surface area (Å²) in [6.45, 7) is 0.607. The maximum absolute atomic E-state index is 8.76. The summed E-state index contributed by atoms with van der Waals surface area (Å²) in [6.07, 6.45) is 3.32. The van der Waals surface area contributed by atoms with Crippen LogP contribution in [0.3, 0.4) is 0 Å². The van der Waals surface area contributed by atoms with E-state index in [9.17, 15) is 0 Å². The van der Waals surface area contributed by atoms with Gasteiger partial charge in [-0.2, -0.15) is 5.26 Å². The van der Waals surface area contributed by atoms with Gasteiger partial charge in [0.25, 0.3) is 0 Å². The third-order valence-corrected chi connectivity index (χ3v) is 2.22. The highest BCUT2D eigenvalue weighted by Crippen LogP contribution is 2.08. The fraction of sp³-hybridized carbons (Fsp3) is 0.167. The Labute approximate surface area is 99.4 Å². The smallest absolute Gasteiger partial charge is 0.226 e. The Morgan fingerprint density at radius 1 is 1.24 bits per heavy atom. The lowest BCUT2D eigenvalue weighted by Gasteiger charge is -2.15. The molecule has 2 heterocycles. The van der Waals surface area contributed by atoms with Crippen molar-refractivity contribution in [3.63, 3.8) is 0 Å². The summed E-state index contributed by atoms with van der Waals surface area (Å²) in [5.74, 6) is 0.523. The molecule has 2 aromatic heterocycles. The Bertz CT molecular complexity index is 532. The van der Waals surface area contributed by atoms with E-state index in [2.05, 4.69) is 15.0 Å². The van der Waals surface area contributed by atoms with Crippen LogP contribution < -0.4 is 4.90 Å². The van der Waals surface area contributed by atoms with E-state index in [-0.39, 0.29) is 0 Å². The Balaban J connectivity index is 2.15. The monoisotopic (exact) mass is 225 g/mol. The third-order valence-electron chi connectivity index (χ3n) is 2.22. The standard InChI is InChI=1S/C12H11N5/c1-17(9-11-4-2-3-6-14-11)12-15-7-5-10(8-13)16-12/h2-7H,9H2,1H3. The van der Waals surface area contributed by atoms with Crippen LogP contribution >= 0.6 is 0 Å². The van der Waals surface area contributed by atoms with Crippen LogP contribution in [-0.2, 0) is 6.54 Å². The molecule has 0 saturated heterocycles. The first-order valence-corrected chi connectivity index (χ1v) is 5.14. The van der Waals surface area contributed by atoms with Crippen LogP contribution in [0.25, 0.3) is 0 Å². The molecule has 0 fully saturated rings. The largest absolute Gasteiger partial charge is 0.338 e. The minimum Gasteiger partial charge on any atom is -0.338 e. The van der Waals surface area contributed by atoms with Crippen molar-refractivity contribution in [3.8, 4) is 6.07 Å². The first kappa shape index (κ1) is 11.0. The van der Waals surface area contributed by atoms with E-state index in [4.69, 9.17) is 5.26 Å². The van der Waals surface area contributed by atoms with Gasteiger partial charge in [0.1, 0.15) is 11.8 Å². The van der Waals surface area contributed by atoms with E-state index >= 15 is 0 Å². The molecule has 0 bridgehead atoms. The zero-order chi connectivity index (χ0) is 12.1. The number of anilines is 1. The van der Waals surface area contributed by atoms with Crippen LogP contribution in [-0.4, -0.2) is 22.0 Å². The second kappa shape index (κ2) is 5.03. The lowest BCUT2D eigenvalue weighted by molar-refractivity contribution is 0.839. The Hall–Kier alpha value is -2.48. The molecule has 0 aliphatic heterocycles. The lowest BCUT2D eigenvalue weighted by Crippen LogP contribution is -2.19. The summed E-state index contributed by atoms with van der Waals surface area (Å²) in [6, 6.07) is 9.31. The van der Waals surface area contributed by atoms with Crippen molar-refractivity contribution in [1.29, 1.82) is 5.26 Å². The fourth-order valence-corrected chi connectivity index (χ4v) is 1.40. The molecule has 0 saturated carbocycles. The predicted molar refractivity (Wildman–Crippen MR) is 63.1 cm³/mol. The molecular weight excluding hydrogens is 214 g/mol. The van der Waals surface area contributed by atoms with Crippen LogP contribution in [0.1, 0.15) is 11.4 Å². The number of rotatable bonds is 3. The van der Waals surface area contributed by atoms with Crippen molar-refractivity contribution in [3.05, 3.63) is 48.0 Å². The molecule has 2 rings (SSSR count). The summed E-state index contributed by atoms with van der Waals surface area (Å²) >= 11 is 0. The van der Waals surface area contributed by atoms with Gasteiger partial charge in [0.05, 0.1) is 12.2 Å². The number of aromatic nitrogens is 3. The Kier molecular flexibility index (Phi) is 3.26. The van der Waals surface area contributed by atoms with E-state index in [1.807, 2.05) is 36.2 Å². The first-order chi connectivity index (χ1) is 8.29. The highest BCUT2D eigenvalue weighted by molar-refractivity contribution is 5.33. The van der Waals surface area contributed by atoms with Gasteiger partial charge in [0, 0.05) is 19.4 Å². The van der Waals surface area contributed by atoms with Crippen LogP contribution in [0.2, 0.25) is 0 Å². The van der Waals surface area contributed by atoms with Gasteiger partial charge in [-0.05, 0) is 18.2 Å². The molecule has 17 heavy (non-hydrogen) atoms. The van der Waals surface area contributed by atoms with E-state index in [0.717, 1.165) is 5.69 Å². The van der Waals surface area contributed by atoms with Crippen LogP contribution in [0.4, 0.5) is 5.95 Å². The maximum Gasteiger partial charge on any atom is 0.226 e. The average Bonchev–Trinajstić information content (AvgIpc) is 2.40. The topological polar surface area (TPSA) is 65.7 Å². The SMILES string of the molecule is CN(Cc1ccccn1)c1nccc(C#N)n1. The predicted octanol–water partition coefficient (Wildman–Crippen LogP) is 1.38. The quantitative estimate of drug-likeness (QED) is 0.789. The summed E-state index contributed by atoms with van der Waals surface area (Å²) < 4.78 is 0. The van der Waals surface area contributed by atoms with Crippen molar-refractivity contribution < 1.29 is 0 Å². The summed E-state index contributed by atoms with van der Waals surface area (Å²) in [5.41, 5.74) is 1.30. The normalized spacial score (nSPS) is 9.65. The molecule has 0 radical (unpaired) electrons. The molecule has 5 heteroatoms. The van der Waals surface area contributed by atoms with Crippen molar-refractivity contribution in [2.24, 2.45) is 0 Å². The van der Waals surface area contributed by atoms with E-state index < -0.39 is 0 Å². The van der Waals surface area contributed by atoms with Gasteiger partial charge in [-0.15, -0.1) is 0 Å². The van der Waals surface area contributed by atoms with Gasteiger partial charge in [-0.1, -0.05) is 6.07 Å². The van der Waals surface area contributed by atoms with Gasteiger partial charge in [-0.3, -0.25) is 4.98 Å². The molecule has 0 aromatic carbocycles. The number of nitriles is 1. The van der Waals surface area contributed by atoms with Crippen molar-refractivity contribution in [1.82, 2.24) is 15.0 Å². The highest BCUT2D eigenvalue weighted by atomic mass is 15.2. The zero-order valence-electron chi connectivity index (χ0n) is 9.41. The molecule has 0 aliphatic rings. The number of hydrogen-bond donors (Lipinski definition) is 0. The second-order valence-electron chi connectivity index (χ2n) is 3.53. The average molecular weight is 225 g/mol. The van der Waals surface area contributed by atoms with Crippen molar-refractivity contribution in [2.75, 3.05) is 11.9 Å². The number of nitrogens with zero attached hydrogens (tertiary/aromatic N) is 5. The molecule has 84 valence electrons. The molecular formula is C12H11N5. The van der Waals surface area contributed by atoms with E-state index in [0.29, 0.717) is 18.2 Å². The van der Waals surface area contributed by atoms with E-state index in [1.54, 1.807) is 18.5 Å². The Morgan fingerprint density at radius 3 is 2.82 bits per heavy atom. The minimum absolute atomic E-state index is 0.364. The molecule has 0 aliphatic carbocycles. The summed E-state index contributed by atoms with van der Waals surface area (Å²) in [7, 11) is 1.87. The van der Waals surface area contributed by atoms with Crippen molar-refractivity contribution >= 4 is 5.95 Å². The summed E-state index contributed by atoms with van der Waals surface area (Å²) in [5, 5.41) is 8.76.